The monoisotopic (exact) mass is 449 g/mol. The van der Waals surface area contributed by atoms with Crippen molar-refractivity contribution < 1.29 is 31.1 Å². The Morgan fingerprint density at radius 1 is 1.23 bits per heavy atom. The van der Waals surface area contributed by atoms with E-state index in [1.807, 2.05) is 0 Å². The molecule has 0 spiro atoms. The van der Waals surface area contributed by atoms with Gasteiger partial charge in [-0.25, -0.2) is 13.2 Å². The fourth-order valence-corrected chi connectivity index (χ4v) is 5.58. The number of anilines is 2. The van der Waals surface area contributed by atoms with Crippen molar-refractivity contribution in [2.45, 2.75) is 36.7 Å². The van der Waals surface area contributed by atoms with Crippen LogP contribution in [0, 0.1) is 0 Å². The van der Waals surface area contributed by atoms with Crippen molar-refractivity contribution >= 4 is 27.2 Å². The molecule has 1 aromatic carbocycles. The summed E-state index contributed by atoms with van der Waals surface area (Å²) in [5.41, 5.74) is -0.894. The van der Waals surface area contributed by atoms with Crippen LogP contribution in [0.15, 0.2) is 18.2 Å². The average molecular weight is 449 g/mol. The molecule has 1 N–H and O–H groups in total. The van der Waals surface area contributed by atoms with E-state index < -0.39 is 38.9 Å². The molecule has 3 rings (SSSR count). The van der Waals surface area contributed by atoms with Crippen LogP contribution in [-0.2, 0) is 20.8 Å². The summed E-state index contributed by atoms with van der Waals surface area (Å²) in [5, 5.41) is 1.62. The van der Waals surface area contributed by atoms with Crippen LogP contribution in [0.25, 0.3) is 0 Å². The topological polar surface area (TPSA) is 79.0 Å². The normalized spacial score (nSPS) is 22.8. The number of halogens is 3. The highest BCUT2D eigenvalue weighted by Crippen LogP contribution is 2.38. The van der Waals surface area contributed by atoms with Gasteiger partial charge in [-0.2, -0.15) is 13.2 Å². The van der Waals surface area contributed by atoms with Gasteiger partial charge < -0.3 is 19.9 Å². The Kier molecular flexibility index (Phi) is 6.51. The third kappa shape index (κ3) is 5.00. The molecule has 1 saturated heterocycles. The first kappa shape index (κ1) is 22.7. The number of carbonyl (C=O) groups excluding carboxylic acids is 1. The molecule has 1 aliphatic heterocycles. The zero-order chi connectivity index (χ0) is 22.1. The van der Waals surface area contributed by atoms with E-state index in [9.17, 15) is 26.4 Å². The molecule has 0 aromatic heterocycles. The van der Waals surface area contributed by atoms with Crippen LogP contribution in [0.2, 0.25) is 0 Å². The number of rotatable bonds is 4. The first-order valence-electron chi connectivity index (χ1n) is 9.75. The van der Waals surface area contributed by atoms with Crippen LogP contribution >= 0.6 is 0 Å². The van der Waals surface area contributed by atoms with Gasteiger partial charge in [-0.3, -0.25) is 0 Å². The molecule has 2 aliphatic rings. The van der Waals surface area contributed by atoms with Gasteiger partial charge in [0.15, 0.2) is 9.84 Å². The molecule has 1 heterocycles. The van der Waals surface area contributed by atoms with Crippen LogP contribution in [0.3, 0.4) is 0 Å². The number of nitrogens with one attached hydrogen (secondary N) is 1. The summed E-state index contributed by atoms with van der Waals surface area (Å²) in [7, 11) is -1.95. The highest BCUT2D eigenvalue weighted by molar-refractivity contribution is 7.91. The Bertz CT molecular complexity index is 886. The molecule has 2 fully saturated rings. The summed E-state index contributed by atoms with van der Waals surface area (Å²) >= 11 is 0. The van der Waals surface area contributed by atoms with E-state index in [0.29, 0.717) is 51.3 Å². The second-order valence-electron chi connectivity index (χ2n) is 7.73. The first-order valence-corrected chi connectivity index (χ1v) is 11.7. The third-order valence-electron chi connectivity index (χ3n) is 5.71. The lowest BCUT2D eigenvalue weighted by molar-refractivity contribution is -0.136. The predicted molar refractivity (Wildman–Crippen MR) is 108 cm³/mol. The highest BCUT2D eigenvalue weighted by Gasteiger charge is 2.40. The fraction of sp³-hybridized carbons (Fsp3) is 0.632. The molecule has 2 amide bonds. The Morgan fingerprint density at radius 2 is 1.90 bits per heavy atom. The summed E-state index contributed by atoms with van der Waals surface area (Å²) in [6.07, 6.45) is -1.98. The number of amides is 2. The van der Waals surface area contributed by atoms with E-state index >= 15 is 0 Å². The molecule has 11 heteroatoms. The number of carbonyl (C=O) groups is 1. The third-order valence-corrected chi connectivity index (χ3v) is 7.36. The number of nitrogens with zero attached hydrogens (tertiary/aromatic N) is 2. The quantitative estimate of drug-likeness (QED) is 0.765. The first-order chi connectivity index (χ1) is 14.0. The molecule has 30 heavy (non-hydrogen) atoms. The van der Waals surface area contributed by atoms with E-state index in [1.165, 1.54) is 24.1 Å². The standard InChI is InChI=1S/C19H26F3N3O4S/c1-24(16-4-3-5-17(16)30(2,27)28)18(26)23-15-7-6-13(12-14(15)19(20,21)22)25-8-10-29-11-9-25/h6-7,12,16-17H,3-5,8-11H2,1-2H3,(H,23,26)/t16-,17-/m1/s1. The maximum absolute atomic E-state index is 13.7. The Morgan fingerprint density at radius 3 is 2.50 bits per heavy atom. The van der Waals surface area contributed by atoms with Gasteiger partial charge in [0.05, 0.1) is 29.7 Å². The number of hydrogen-bond acceptors (Lipinski definition) is 5. The van der Waals surface area contributed by atoms with Gasteiger partial charge in [-0.15, -0.1) is 0 Å². The average Bonchev–Trinajstić information content (AvgIpc) is 3.18. The molecular weight excluding hydrogens is 423 g/mol. The van der Waals surface area contributed by atoms with Gasteiger partial charge in [0, 0.05) is 38.1 Å². The van der Waals surface area contributed by atoms with E-state index in [0.717, 1.165) is 12.3 Å². The lowest BCUT2D eigenvalue weighted by Gasteiger charge is -2.31. The van der Waals surface area contributed by atoms with Gasteiger partial charge in [0.25, 0.3) is 0 Å². The Labute approximate surface area is 174 Å². The van der Waals surface area contributed by atoms with Crippen LogP contribution in [0.5, 0.6) is 0 Å². The van der Waals surface area contributed by atoms with Gasteiger partial charge in [-0.05, 0) is 37.5 Å². The minimum absolute atomic E-state index is 0.356. The largest absolute Gasteiger partial charge is 0.418 e. The molecule has 0 bridgehead atoms. The van der Waals surface area contributed by atoms with Gasteiger partial charge in [0.2, 0.25) is 0 Å². The highest BCUT2D eigenvalue weighted by atomic mass is 32.2. The molecule has 0 unspecified atom stereocenters. The summed E-state index contributed by atoms with van der Waals surface area (Å²) in [6.45, 7) is 1.85. The lowest BCUT2D eigenvalue weighted by Crippen LogP contribution is -2.46. The van der Waals surface area contributed by atoms with Crippen molar-refractivity contribution in [1.82, 2.24) is 4.90 Å². The lowest BCUT2D eigenvalue weighted by atomic mass is 10.1. The van der Waals surface area contributed by atoms with Gasteiger partial charge >= 0.3 is 12.2 Å². The van der Waals surface area contributed by atoms with E-state index in [4.69, 9.17) is 4.74 Å². The van der Waals surface area contributed by atoms with Gasteiger partial charge in [0.1, 0.15) is 0 Å². The number of alkyl halides is 3. The second-order valence-corrected chi connectivity index (χ2v) is 10.00. The number of hydrogen-bond donors (Lipinski definition) is 1. The van der Waals surface area contributed by atoms with Gasteiger partial charge in [-0.1, -0.05) is 0 Å². The second kappa shape index (κ2) is 8.62. The summed E-state index contributed by atoms with van der Waals surface area (Å²) in [4.78, 5) is 15.7. The van der Waals surface area contributed by atoms with Crippen LogP contribution in [0.1, 0.15) is 24.8 Å². The van der Waals surface area contributed by atoms with Crippen molar-refractivity contribution in [2.24, 2.45) is 0 Å². The summed E-state index contributed by atoms with van der Waals surface area (Å²) in [5.74, 6) is 0. The van der Waals surface area contributed by atoms with Crippen molar-refractivity contribution in [1.29, 1.82) is 0 Å². The van der Waals surface area contributed by atoms with Crippen LogP contribution in [0.4, 0.5) is 29.3 Å². The SMILES string of the molecule is CN(C(=O)Nc1ccc(N2CCOCC2)cc1C(F)(F)F)[C@@H]1CCC[C@H]1S(C)(=O)=O. The molecular formula is C19H26F3N3O4S. The molecule has 1 saturated carbocycles. The van der Waals surface area contributed by atoms with Crippen molar-refractivity contribution in [2.75, 3.05) is 49.8 Å². The Hall–Kier alpha value is -2.01. The number of morpholine rings is 1. The summed E-state index contributed by atoms with van der Waals surface area (Å²) in [6, 6.07) is 2.46. The van der Waals surface area contributed by atoms with E-state index in [1.54, 1.807) is 4.90 Å². The summed E-state index contributed by atoms with van der Waals surface area (Å²) < 4.78 is 70.2. The zero-order valence-electron chi connectivity index (χ0n) is 16.9. The maximum atomic E-state index is 13.7. The number of sulfone groups is 1. The van der Waals surface area contributed by atoms with E-state index in [-0.39, 0.29) is 5.69 Å². The zero-order valence-corrected chi connectivity index (χ0v) is 17.7. The maximum Gasteiger partial charge on any atom is 0.418 e. The minimum Gasteiger partial charge on any atom is -0.378 e. The molecule has 168 valence electrons. The van der Waals surface area contributed by atoms with Crippen molar-refractivity contribution in [3.8, 4) is 0 Å². The predicted octanol–water partition coefficient (Wildman–Crippen LogP) is 2.97. The molecule has 7 nitrogen and oxygen atoms in total. The van der Waals surface area contributed by atoms with Crippen molar-refractivity contribution in [3.05, 3.63) is 23.8 Å². The molecule has 1 aromatic rings. The molecule has 0 radical (unpaired) electrons. The smallest absolute Gasteiger partial charge is 0.378 e. The number of ether oxygens (including phenoxy) is 1. The minimum atomic E-state index is -4.66. The van der Waals surface area contributed by atoms with E-state index in [2.05, 4.69) is 5.32 Å². The number of benzene rings is 1. The van der Waals surface area contributed by atoms with Crippen LogP contribution < -0.4 is 10.2 Å². The molecule has 1 aliphatic carbocycles. The number of urea groups is 1. The van der Waals surface area contributed by atoms with Crippen molar-refractivity contribution in [3.63, 3.8) is 0 Å². The Balaban J connectivity index is 1.81. The van der Waals surface area contributed by atoms with Crippen LogP contribution in [-0.4, -0.2) is 70.2 Å². The fourth-order valence-electron chi connectivity index (χ4n) is 4.10. The molecule has 2 atom stereocenters.